The first-order chi connectivity index (χ1) is 5.07. The summed E-state index contributed by atoms with van der Waals surface area (Å²) in [7, 11) is 0. The Bertz CT molecular complexity index is 160. The van der Waals surface area contributed by atoms with Gasteiger partial charge in [-0.3, -0.25) is 0 Å². The lowest BCUT2D eigenvalue weighted by atomic mass is 10.0. The second-order valence-corrected chi connectivity index (χ2v) is 3.30. The Morgan fingerprint density at radius 2 is 1.82 bits per heavy atom. The number of aliphatic hydroxyl groups is 1. The standard InChI is InChI=1S/C10H18O/c1-8(2)5-6-10(7-11)9(3)4/h5-6,9,11H,7H2,1-4H3/b10-6+. The van der Waals surface area contributed by atoms with E-state index in [2.05, 4.69) is 13.8 Å². The number of aliphatic hydroxyl groups excluding tert-OH is 1. The summed E-state index contributed by atoms with van der Waals surface area (Å²) in [6, 6.07) is 0. The fourth-order valence-electron chi connectivity index (χ4n) is 0.701. The van der Waals surface area contributed by atoms with E-state index >= 15 is 0 Å². The van der Waals surface area contributed by atoms with Gasteiger partial charge in [0.1, 0.15) is 0 Å². The molecule has 0 rings (SSSR count). The molecular weight excluding hydrogens is 136 g/mol. The molecule has 0 aromatic carbocycles. The van der Waals surface area contributed by atoms with Crippen LogP contribution < -0.4 is 0 Å². The Hall–Kier alpha value is -0.560. The molecule has 0 aromatic heterocycles. The van der Waals surface area contributed by atoms with Gasteiger partial charge in [0.05, 0.1) is 6.61 Å². The van der Waals surface area contributed by atoms with Crippen LogP contribution in [0.5, 0.6) is 0 Å². The lowest BCUT2D eigenvalue weighted by molar-refractivity contribution is 0.318. The van der Waals surface area contributed by atoms with Crippen LogP contribution in [0.4, 0.5) is 0 Å². The third kappa shape index (κ3) is 4.79. The number of allylic oxidation sites excluding steroid dienone is 3. The molecule has 0 saturated heterocycles. The second-order valence-electron chi connectivity index (χ2n) is 3.30. The molecular formula is C10H18O. The van der Waals surface area contributed by atoms with Gasteiger partial charge in [0, 0.05) is 0 Å². The maximum absolute atomic E-state index is 8.91. The zero-order valence-electron chi connectivity index (χ0n) is 7.89. The Balaban J connectivity index is 4.24. The molecule has 0 fully saturated rings. The van der Waals surface area contributed by atoms with Crippen molar-refractivity contribution in [2.24, 2.45) is 5.92 Å². The third-order valence-electron chi connectivity index (χ3n) is 1.55. The summed E-state index contributed by atoms with van der Waals surface area (Å²) in [5.74, 6) is 0.440. The molecule has 0 radical (unpaired) electrons. The number of hydrogen-bond donors (Lipinski definition) is 1. The molecule has 0 aromatic rings. The summed E-state index contributed by atoms with van der Waals surface area (Å²) in [6.45, 7) is 8.43. The number of hydrogen-bond acceptors (Lipinski definition) is 1. The Morgan fingerprint density at radius 3 is 2.09 bits per heavy atom. The highest BCUT2D eigenvalue weighted by Crippen LogP contribution is 2.08. The zero-order valence-corrected chi connectivity index (χ0v) is 7.89. The summed E-state index contributed by atoms with van der Waals surface area (Å²) in [6.07, 6.45) is 4.03. The van der Waals surface area contributed by atoms with Crippen molar-refractivity contribution >= 4 is 0 Å². The van der Waals surface area contributed by atoms with Crippen LogP contribution in [0.25, 0.3) is 0 Å². The van der Waals surface area contributed by atoms with E-state index in [9.17, 15) is 0 Å². The highest BCUT2D eigenvalue weighted by Gasteiger charge is 1.98. The van der Waals surface area contributed by atoms with Crippen LogP contribution >= 0.6 is 0 Å². The zero-order chi connectivity index (χ0) is 8.85. The molecule has 1 nitrogen and oxygen atoms in total. The summed E-state index contributed by atoms with van der Waals surface area (Å²) >= 11 is 0. The average molecular weight is 154 g/mol. The first kappa shape index (κ1) is 10.4. The van der Waals surface area contributed by atoms with Gasteiger partial charge in [0.2, 0.25) is 0 Å². The molecule has 1 heteroatoms. The summed E-state index contributed by atoms with van der Waals surface area (Å²) in [4.78, 5) is 0. The SMILES string of the molecule is CC(C)=C/C=C(\CO)C(C)C. The molecule has 64 valence electrons. The van der Waals surface area contributed by atoms with Crippen LogP contribution in [0, 0.1) is 5.92 Å². The Morgan fingerprint density at radius 1 is 1.27 bits per heavy atom. The molecule has 0 amide bonds. The lowest BCUT2D eigenvalue weighted by Crippen LogP contribution is -1.98. The minimum Gasteiger partial charge on any atom is -0.392 e. The first-order valence-corrected chi connectivity index (χ1v) is 4.02. The van der Waals surface area contributed by atoms with Crippen LogP contribution in [-0.2, 0) is 0 Å². The van der Waals surface area contributed by atoms with E-state index in [-0.39, 0.29) is 6.61 Å². The van der Waals surface area contributed by atoms with Crippen LogP contribution in [0.1, 0.15) is 27.7 Å². The van der Waals surface area contributed by atoms with E-state index in [4.69, 9.17) is 5.11 Å². The molecule has 0 aliphatic rings. The highest BCUT2D eigenvalue weighted by molar-refractivity contribution is 5.17. The van der Waals surface area contributed by atoms with Crippen LogP contribution in [0.3, 0.4) is 0 Å². The van der Waals surface area contributed by atoms with Gasteiger partial charge in [-0.1, -0.05) is 31.6 Å². The largest absolute Gasteiger partial charge is 0.392 e. The Kier molecular flexibility index (Phi) is 4.88. The van der Waals surface area contributed by atoms with Gasteiger partial charge in [0.25, 0.3) is 0 Å². The van der Waals surface area contributed by atoms with Crippen molar-refractivity contribution in [2.75, 3.05) is 6.61 Å². The molecule has 0 saturated carbocycles. The molecule has 0 atom stereocenters. The van der Waals surface area contributed by atoms with Gasteiger partial charge in [-0.15, -0.1) is 0 Å². The van der Waals surface area contributed by atoms with Crippen LogP contribution in [0.2, 0.25) is 0 Å². The fraction of sp³-hybridized carbons (Fsp3) is 0.600. The van der Waals surface area contributed by atoms with E-state index in [1.165, 1.54) is 5.57 Å². The van der Waals surface area contributed by atoms with Gasteiger partial charge >= 0.3 is 0 Å². The average Bonchev–Trinajstić information content (AvgIpc) is 1.87. The van der Waals surface area contributed by atoms with Gasteiger partial charge in [-0.25, -0.2) is 0 Å². The second kappa shape index (κ2) is 5.14. The van der Waals surface area contributed by atoms with E-state index in [0.717, 1.165) is 5.57 Å². The molecule has 0 aliphatic heterocycles. The topological polar surface area (TPSA) is 20.2 Å². The molecule has 0 aliphatic carbocycles. The maximum atomic E-state index is 8.91. The quantitative estimate of drug-likeness (QED) is 0.619. The van der Waals surface area contributed by atoms with E-state index in [1.54, 1.807) is 0 Å². The smallest absolute Gasteiger partial charge is 0.0647 e. The minimum atomic E-state index is 0.168. The predicted molar refractivity (Wildman–Crippen MR) is 49.4 cm³/mol. The van der Waals surface area contributed by atoms with Crippen molar-refractivity contribution in [1.29, 1.82) is 0 Å². The molecule has 1 N–H and O–H groups in total. The molecule has 0 spiro atoms. The van der Waals surface area contributed by atoms with Crippen molar-refractivity contribution in [2.45, 2.75) is 27.7 Å². The highest BCUT2D eigenvalue weighted by atomic mass is 16.3. The molecule has 0 heterocycles. The van der Waals surface area contributed by atoms with Crippen molar-refractivity contribution in [3.63, 3.8) is 0 Å². The van der Waals surface area contributed by atoms with Crippen molar-refractivity contribution in [1.82, 2.24) is 0 Å². The van der Waals surface area contributed by atoms with Crippen molar-refractivity contribution in [3.8, 4) is 0 Å². The van der Waals surface area contributed by atoms with E-state index in [0.29, 0.717) is 5.92 Å². The Labute approximate surface area is 69.4 Å². The van der Waals surface area contributed by atoms with Gasteiger partial charge in [0.15, 0.2) is 0 Å². The fourth-order valence-corrected chi connectivity index (χ4v) is 0.701. The normalized spacial score (nSPS) is 12.0. The lowest BCUT2D eigenvalue weighted by Gasteiger charge is -2.05. The monoisotopic (exact) mass is 154 g/mol. The number of rotatable bonds is 3. The van der Waals surface area contributed by atoms with Crippen LogP contribution in [0.15, 0.2) is 23.3 Å². The summed E-state index contributed by atoms with van der Waals surface area (Å²) in [5, 5.41) is 8.91. The van der Waals surface area contributed by atoms with Gasteiger partial charge < -0.3 is 5.11 Å². The molecule has 0 bridgehead atoms. The van der Waals surface area contributed by atoms with Crippen LogP contribution in [-0.4, -0.2) is 11.7 Å². The molecule has 11 heavy (non-hydrogen) atoms. The maximum Gasteiger partial charge on any atom is 0.0647 e. The predicted octanol–water partition coefficient (Wildman–Crippen LogP) is 2.53. The summed E-state index contributed by atoms with van der Waals surface area (Å²) in [5.41, 5.74) is 2.35. The van der Waals surface area contributed by atoms with E-state index in [1.807, 2.05) is 26.0 Å². The third-order valence-corrected chi connectivity index (χ3v) is 1.55. The summed E-state index contributed by atoms with van der Waals surface area (Å²) < 4.78 is 0. The van der Waals surface area contributed by atoms with Gasteiger partial charge in [-0.2, -0.15) is 0 Å². The van der Waals surface area contributed by atoms with Gasteiger partial charge in [-0.05, 0) is 25.3 Å². The van der Waals surface area contributed by atoms with Crippen molar-refractivity contribution in [3.05, 3.63) is 23.3 Å². The minimum absolute atomic E-state index is 0.168. The first-order valence-electron chi connectivity index (χ1n) is 4.02. The van der Waals surface area contributed by atoms with Crippen molar-refractivity contribution < 1.29 is 5.11 Å². The molecule has 0 unspecified atom stereocenters. The van der Waals surface area contributed by atoms with E-state index < -0.39 is 0 Å².